The zero-order chi connectivity index (χ0) is 32.3. The zero-order valence-electron chi connectivity index (χ0n) is 24.9. The van der Waals surface area contributed by atoms with Crippen molar-refractivity contribution in [3.05, 3.63) is 70.0 Å². The molecular weight excluding hydrogens is 568 g/mol. The molecule has 0 saturated carbocycles. The summed E-state index contributed by atoms with van der Waals surface area (Å²) in [5.41, 5.74) is 1.10. The van der Waals surface area contributed by atoms with E-state index in [1.165, 1.54) is 26.4 Å². The molecule has 0 aliphatic heterocycles. The summed E-state index contributed by atoms with van der Waals surface area (Å²) in [6.07, 6.45) is 5.78. The summed E-state index contributed by atoms with van der Waals surface area (Å²) in [5, 5.41) is 13.4. The number of halogens is 4. The summed E-state index contributed by atoms with van der Waals surface area (Å²) in [6.45, 7) is 6.06. The number of rotatable bonds is 10. The van der Waals surface area contributed by atoms with E-state index in [-0.39, 0.29) is 36.1 Å². The smallest absolute Gasteiger partial charge is 0.346 e. The fourth-order valence-corrected chi connectivity index (χ4v) is 3.72. The van der Waals surface area contributed by atoms with Crippen molar-refractivity contribution < 1.29 is 27.2 Å². The Morgan fingerprint density at radius 3 is 2.40 bits per heavy atom. The van der Waals surface area contributed by atoms with Crippen LogP contribution in [0.4, 0.5) is 22.4 Å². The van der Waals surface area contributed by atoms with Crippen LogP contribution in [0.1, 0.15) is 46.1 Å². The summed E-state index contributed by atoms with van der Waals surface area (Å²) in [6, 6.07) is -0.0654. The number of allylic oxidation sites excluding steroid dienone is 5. The second-order valence-electron chi connectivity index (χ2n) is 9.58. The van der Waals surface area contributed by atoms with Crippen LogP contribution in [0.25, 0.3) is 0 Å². The highest BCUT2D eigenvalue weighted by molar-refractivity contribution is 6.13. The quantitative estimate of drug-likeness (QED) is 0.114. The number of carbonyl (C=O) groups is 2. The summed E-state index contributed by atoms with van der Waals surface area (Å²) in [7, 11) is 2.93. The van der Waals surface area contributed by atoms with Crippen molar-refractivity contribution in [3.63, 3.8) is 0 Å². The molecule has 14 heteroatoms. The molecule has 2 rings (SSSR count). The average molecular weight is 605 g/mol. The number of urea groups is 1. The summed E-state index contributed by atoms with van der Waals surface area (Å²) in [5.74, 6) is -4.99. The largest absolute Gasteiger partial charge is 0.379 e. The zero-order valence-corrected chi connectivity index (χ0v) is 24.9. The molecule has 0 aromatic heterocycles. The molecule has 1 atom stereocenters. The molecule has 1 aromatic rings. The molecular formula is C29H36F4N8O2. The van der Waals surface area contributed by atoms with E-state index < -0.39 is 47.4 Å². The highest BCUT2D eigenvalue weighted by atomic mass is 19.2. The molecule has 1 aliphatic rings. The van der Waals surface area contributed by atoms with Gasteiger partial charge in [0.1, 0.15) is 17.5 Å². The number of nitrogens with one attached hydrogen (secondary N) is 3. The predicted molar refractivity (Wildman–Crippen MR) is 159 cm³/mol. The number of guanidine groups is 1. The molecule has 10 nitrogen and oxygen atoms in total. The molecule has 1 unspecified atom stereocenters. The molecule has 0 bridgehead atoms. The van der Waals surface area contributed by atoms with E-state index in [1.807, 2.05) is 20.8 Å². The van der Waals surface area contributed by atoms with Crippen molar-refractivity contribution in [2.45, 2.75) is 53.1 Å². The monoisotopic (exact) mass is 604 g/mol. The van der Waals surface area contributed by atoms with Crippen LogP contribution in [0.15, 0.2) is 61.9 Å². The number of hydrogen-bond donors (Lipinski definition) is 3. The third-order valence-electron chi connectivity index (χ3n) is 6.26. The van der Waals surface area contributed by atoms with Gasteiger partial charge in [-0.05, 0) is 50.5 Å². The van der Waals surface area contributed by atoms with Crippen LogP contribution < -0.4 is 10.6 Å². The highest BCUT2D eigenvalue weighted by Crippen LogP contribution is 2.26. The van der Waals surface area contributed by atoms with Gasteiger partial charge in [-0.2, -0.15) is 4.99 Å². The summed E-state index contributed by atoms with van der Waals surface area (Å²) < 4.78 is 56.6. The molecule has 0 saturated heterocycles. The van der Waals surface area contributed by atoms with Crippen LogP contribution in [0.3, 0.4) is 0 Å². The topological polar surface area (TPSA) is 126 Å². The minimum Gasteiger partial charge on any atom is -0.379 e. The Kier molecular flexibility index (Phi) is 13.0. The molecule has 232 valence electrons. The van der Waals surface area contributed by atoms with Gasteiger partial charge in [0.25, 0.3) is 0 Å². The van der Waals surface area contributed by atoms with Crippen LogP contribution in [-0.2, 0) is 11.3 Å². The molecule has 0 radical (unpaired) electrons. The van der Waals surface area contributed by atoms with Crippen molar-refractivity contribution in [1.29, 1.82) is 5.41 Å². The minimum atomic E-state index is -1.41. The maximum Gasteiger partial charge on any atom is 0.346 e. The van der Waals surface area contributed by atoms with E-state index in [0.29, 0.717) is 29.8 Å². The first-order valence-corrected chi connectivity index (χ1v) is 13.5. The van der Waals surface area contributed by atoms with Crippen molar-refractivity contribution in [2.24, 2.45) is 15.0 Å². The second-order valence-corrected chi connectivity index (χ2v) is 9.58. The van der Waals surface area contributed by atoms with Gasteiger partial charge in [-0.3, -0.25) is 20.1 Å². The van der Waals surface area contributed by atoms with Gasteiger partial charge in [0.2, 0.25) is 12.4 Å². The van der Waals surface area contributed by atoms with E-state index in [2.05, 4.69) is 25.6 Å². The van der Waals surface area contributed by atoms with Gasteiger partial charge < -0.3 is 15.5 Å². The first kappa shape index (κ1) is 34.6. The third kappa shape index (κ3) is 9.72. The Morgan fingerprint density at radius 2 is 1.81 bits per heavy atom. The number of carbonyl (C=O) groups excluding carboxylic acids is 2. The normalized spacial score (nSPS) is 16.4. The van der Waals surface area contributed by atoms with E-state index in [0.717, 1.165) is 16.2 Å². The van der Waals surface area contributed by atoms with E-state index in [1.54, 1.807) is 13.1 Å². The molecule has 0 fully saturated rings. The number of aliphatic imine (C=N–C) groups is 3. The fraction of sp³-hybridized carbons (Fsp3) is 0.379. The average Bonchev–Trinajstić information content (AvgIpc) is 2.96. The van der Waals surface area contributed by atoms with Crippen LogP contribution in [0, 0.1) is 22.9 Å². The number of benzene rings is 1. The maximum atomic E-state index is 14.7. The Hall–Kier alpha value is -4.62. The second kappa shape index (κ2) is 16.1. The summed E-state index contributed by atoms with van der Waals surface area (Å²) in [4.78, 5) is 39.5. The lowest BCUT2D eigenvalue weighted by atomic mass is 9.94. The fourth-order valence-electron chi connectivity index (χ4n) is 3.72. The number of amidine groups is 1. The van der Waals surface area contributed by atoms with Gasteiger partial charge in [0, 0.05) is 43.0 Å². The first-order chi connectivity index (χ1) is 20.3. The SMILES string of the molecule is CCC1=CC(=N/C(C)CC)/C(=C(\C)F)C=C1N/C(=N/C(=O)N(C)CC(=N)/N=C\NC)N(C=O)Cc1cc(F)c(F)cc1F. The van der Waals surface area contributed by atoms with E-state index in [9.17, 15) is 27.2 Å². The lowest BCUT2D eigenvalue weighted by Crippen LogP contribution is -2.42. The van der Waals surface area contributed by atoms with Crippen molar-refractivity contribution in [3.8, 4) is 0 Å². The Morgan fingerprint density at radius 1 is 1.14 bits per heavy atom. The predicted octanol–water partition coefficient (Wildman–Crippen LogP) is 5.00. The number of hydrogen-bond acceptors (Lipinski definition) is 4. The Bertz CT molecular complexity index is 1410. The van der Waals surface area contributed by atoms with Gasteiger partial charge in [-0.15, -0.1) is 0 Å². The molecule has 0 heterocycles. The Balaban J connectivity index is 2.61. The van der Waals surface area contributed by atoms with Crippen LogP contribution in [-0.4, -0.2) is 72.8 Å². The standard InChI is InChI=1S/C29H36F4N8O2/c1-7-17(3)37-26-10-19(8-2)25(11-21(26)18(4)30)38-28(39-29(43)40(6)14-27(34)36-15-35-5)41(16-42)13-20-9-23(32)24(33)12-22(20)31/h9-12,15-17H,7-8,13-14H2,1-6H3,(H2,34,35,36)(H,38,39,43)/b21-18+,37-26-. The molecule has 1 aliphatic carbocycles. The number of likely N-dealkylation sites (N-methyl/N-ethyl adjacent to an activating group) is 1. The molecule has 1 aromatic carbocycles. The maximum absolute atomic E-state index is 14.7. The van der Waals surface area contributed by atoms with E-state index >= 15 is 0 Å². The van der Waals surface area contributed by atoms with Crippen LogP contribution >= 0.6 is 0 Å². The first-order valence-electron chi connectivity index (χ1n) is 13.5. The molecule has 43 heavy (non-hydrogen) atoms. The van der Waals surface area contributed by atoms with Crippen molar-refractivity contribution in [2.75, 3.05) is 20.6 Å². The van der Waals surface area contributed by atoms with Gasteiger partial charge in [-0.25, -0.2) is 27.3 Å². The summed E-state index contributed by atoms with van der Waals surface area (Å²) >= 11 is 0. The third-order valence-corrected chi connectivity index (χ3v) is 6.26. The molecule has 0 spiro atoms. The lowest BCUT2D eigenvalue weighted by molar-refractivity contribution is -0.115. The lowest BCUT2D eigenvalue weighted by Gasteiger charge is -2.26. The number of nitrogens with zero attached hydrogens (tertiary/aromatic N) is 5. The van der Waals surface area contributed by atoms with Gasteiger partial charge >= 0.3 is 6.03 Å². The van der Waals surface area contributed by atoms with Crippen LogP contribution in [0.2, 0.25) is 0 Å². The minimum absolute atomic E-state index is 0.0837. The highest BCUT2D eigenvalue weighted by Gasteiger charge is 2.24. The number of amides is 3. The van der Waals surface area contributed by atoms with Gasteiger partial charge in [0.05, 0.1) is 25.1 Å². The van der Waals surface area contributed by atoms with Gasteiger partial charge in [-0.1, -0.05) is 13.8 Å². The Labute approximate surface area is 248 Å². The van der Waals surface area contributed by atoms with E-state index in [4.69, 9.17) is 5.41 Å². The van der Waals surface area contributed by atoms with Crippen LogP contribution in [0.5, 0.6) is 0 Å². The molecule has 3 N–H and O–H groups in total. The van der Waals surface area contributed by atoms with Crippen molar-refractivity contribution >= 4 is 36.3 Å². The van der Waals surface area contributed by atoms with Crippen molar-refractivity contribution in [1.82, 2.24) is 20.4 Å². The molecule has 3 amide bonds. The van der Waals surface area contributed by atoms with Gasteiger partial charge in [0.15, 0.2) is 11.6 Å².